The normalized spacial score (nSPS) is 10.3. The molecule has 0 N–H and O–H groups in total. The van der Waals surface area contributed by atoms with Crippen molar-refractivity contribution in [1.82, 2.24) is 0 Å². The fourth-order valence-electron chi connectivity index (χ4n) is 1.31. The summed E-state index contributed by atoms with van der Waals surface area (Å²) in [6, 6.07) is 12.7. The van der Waals surface area contributed by atoms with Gasteiger partial charge in [-0.25, -0.2) is 0 Å². The van der Waals surface area contributed by atoms with Crippen LogP contribution in [0.4, 0.5) is 0 Å². The second-order valence-corrected chi connectivity index (χ2v) is 5.38. The molecule has 0 unspecified atom stereocenters. The number of rotatable bonds is 1. The quantitative estimate of drug-likeness (QED) is 0.702. The molecule has 0 aliphatic rings. The van der Waals surface area contributed by atoms with Gasteiger partial charge in [-0.05, 0) is 46.1 Å². The Kier molecular flexibility index (Phi) is 2.51. The molecule has 0 amide bonds. The van der Waals surface area contributed by atoms with Gasteiger partial charge in [-0.15, -0.1) is 11.3 Å². The molecule has 66 valence electrons. The van der Waals surface area contributed by atoms with Gasteiger partial charge in [0.25, 0.3) is 0 Å². The van der Waals surface area contributed by atoms with Crippen LogP contribution in [0.5, 0.6) is 0 Å². The highest BCUT2D eigenvalue weighted by atomic mass is 79.9. The molecule has 2 heteroatoms. The molecule has 0 bridgehead atoms. The molecule has 2 rings (SSSR count). The van der Waals surface area contributed by atoms with Crippen molar-refractivity contribution in [3.05, 3.63) is 45.7 Å². The lowest BCUT2D eigenvalue weighted by molar-refractivity contribution is 1.48. The molecule has 13 heavy (non-hydrogen) atoms. The molecule has 2 aromatic rings. The van der Waals surface area contributed by atoms with Gasteiger partial charge >= 0.3 is 0 Å². The third-order valence-corrected chi connectivity index (χ3v) is 3.64. The van der Waals surface area contributed by atoms with Gasteiger partial charge in [0.1, 0.15) is 0 Å². The maximum atomic E-state index is 3.47. The average molecular weight is 253 g/mol. The maximum Gasteiger partial charge on any atom is 0.0705 e. The Labute approximate surface area is 90.4 Å². The van der Waals surface area contributed by atoms with E-state index in [1.54, 1.807) is 11.3 Å². The van der Waals surface area contributed by atoms with E-state index in [0.29, 0.717) is 0 Å². The highest BCUT2D eigenvalue weighted by molar-refractivity contribution is 9.11. The third-order valence-electron chi connectivity index (χ3n) is 1.98. The van der Waals surface area contributed by atoms with E-state index in [0.717, 1.165) is 0 Å². The van der Waals surface area contributed by atoms with E-state index < -0.39 is 0 Å². The number of hydrogen-bond acceptors (Lipinski definition) is 1. The van der Waals surface area contributed by atoms with Crippen LogP contribution in [0.2, 0.25) is 0 Å². The predicted molar refractivity (Wildman–Crippen MR) is 62.2 cm³/mol. The fraction of sp³-hybridized carbons (Fsp3) is 0.0909. The van der Waals surface area contributed by atoms with Crippen LogP contribution in [0.25, 0.3) is 10.4 Å². The summed E-state index contributed by atoms with van der Waals surface area (Å²) in [5.74, 6) is 0. The summed E-state index contributed by atoms with van der Waals surface area (Å²) in [5.41, 5.74) is 2.66. The van der Waals surface area contributed by atoms with Crippen molar-refractivity contribution < 1.29 is 0 Å². The Bertz CT molecular complexity index is 418. The highest BCUT2D eigenvalue weighted by Gasteiger charge is 2.02. The van der Waals surface area contributed by atoms with Gasteiger partial charge in [0.05, 0.1) is 3.79 Å². The van der Waals surface area contributed by atoms with Crippen LogP contribution in [0.3, 0.4) is 0 Å². The predicted octanol–water partition coefficient (Wildman–Crippen LogP) is 4.49. The molecular formula is C11H9BrS. The second-order valence-electron chi connectivity index (χ2n) is 2.92. The van der Waals surface area contributed by atoms with Gasteiger partial charge in [0.2, 0.25) is 0 Å². The molecule has 1 aromatic heterocycles. The first-order valence-corrected chi connectivity index (χ1v) is 5.69. The number of hydrogen-bond donors (Lipinski definition) is 0. The number of benzene rings is 1. The zero-order valence-electron chi connectivity index (χ0n) is 7.25. The van der Waals surface area contributed by atoms with E-state index in [1.807, 2.05) is 0 Å². The molecule has 0 aliphatic heterocycles. The molecule has 0 saturated carbocycles. The summed E-state index contributed by atoms with van der Waals surface area (Å²) in [6.07, 6.45) is 0. The van der Waals surface area contributed by atoms with Crippen LogP contribution in [0, 0.1) is 6.92 Å². The summed E-state index contributed by atoms with van der Waals surface area (Å²) in [6.45, 7) is 2.14. The molecule has 1 heterocycles. The van der Waals surface area contributed by atoms with Crippen molar-refractivity contribution >= 4 is 27.3 Å². The van der Waals surface area contributed by atoms with E-state index >= 15 is 0 Å². The summed E-state index contributed by atoms with van der Waals surface area (Å²) < 4.78 is 1.19. The van der Waals surface area contributed by atoms with Crippen LogP contribution in [0.15, 0.2) is 40.2 Å². The van der Waals surface area contributed by atoms with Crippen molar-refractivity contribution in [1.29, 1.82) is 0 Å². The molecule has 0 saturated heterocycles. The number of thiophene rings is 1. The summed E-state index contributed by atoms with van der Waals surface area (Å²) >= 11 is 5.24. The lowest BCUT2D eigenvalue weighted by Crippen LogP contribution is -1.76. The monoisotopic (exact) mass is 252 g/mol. The molecule has 0 atom stereocenters. The Hall–Kier alpha value is -0.600. The standard InChI is InChI=1S/C11H9BrS/c1-8-4-2-3-5-9(8)10-6-7-11(12)13-10/h2-7H,1H3. The van der Waals surface area contributed by atoms with Crippen molar-refractivity contribution in [3.63, 3.8) is 0 Å². The minimum atomic E-state index is 1.19. The Morgan fingerprint density at radius 1 is 1.08 bits per heavy atom. The minimum Gasteiger partial charge on any atom is -0.128 e. The fourth-order valence-corrected chi connectivity index (χ4v) is 2.78. The highest BCUT2D eigenvalue weighted by Crippen LogP contribution is 2.32. The average Bonchev–Trinajstić information content (AvgIpc) is 2.53. The smallest absolute Gasteiger partial charge is 0.0705 e. The summed E-state index contributed by atoms with van der Waals surface area (Å²) in [5, 5.41) is 0. The van der Waals surface area contributed by atoms with Crippen LogP contribution in [-0.2, 0) is 0 Å². The summed E-state index contributed by atoms with van der Waals surface area (Å²) in [4.78, 5) is 1.32. The molecule has 1 aromatic carbocycles. The third kappa shape index (κ3) is 1.84. The van der Waals surface area contributed by atoms with Crippen LogP contribution < -0.4 is 0 Å². The van der Waals surface area contributed by atoms with Gasteiger partial charge in [0.15, 0.2) is 0 Å². The van der Waals surface area contributed by atoms with Crippen molar-refractivity contribution in [2.24, 2.45) is 0 Å². The molecule has 0 aliphatic carbocycles. The van der Waals surface area contributed by atoms with Gasteiger partial charge in [-0.3, -0.25) is 0 Å². The zero-order valence-corrected chi connectivity index (χ0v) is 9.65. The lowest BCUT2D eigenvalue weighted by atomic mass is 10.1. The lowest BCUT2D eigenvalue weighted by Gasteiger charge is -2.00. The van der Waals surface area contributed by atoms with Gasteiger partial charge < -0.3 is 0 Å². The maximum absolute atomic E-state index is 3.47. The van der Waals surface area contributed by atoms with Crippen molar-refractivity contribution in [3.8, 4) is 10.4 Å². The summed E-state index contributed by atoms with van der Waals surface area (Å²) in [7, 11) is 0. The van der Waals surface area contributed by atoms with Gasteiger partial charge in [-0.1, -0.05) is 24.3 Å². The second kappa shape index (κ2) is 3.64. The first-order chi connectivity index (χ1) is 6.27. The topological polar surface area (TPSA) is 0 Å². The van der Waals surface area contributed by atoms with E-state index in [-0.39, 0.29) is 0 Å². The molecule has 0 nitrogen and oxygen atoms in total. The first-order valence-electron chi connectivity index (χ1n) is 4.09. The largest absolute Gasteiger partial charge is 0.128 e. The molecule has 0 radical (unpaired) electrons. The van der Waals surface area contributed by atoms with E-state index in [1.165, 1.54) is 19.8 Å². The Morgan fingerprint density at radius 2 is 1.85 bits per heavy atom. The first kappa shape index (κ1) is 8.97. The number of halogens is 1. The van der Waals surface area contributed by atoms with Gasteiger partial charge in [-0.2, -0.15) is 0 Å². The van der Waals surface area contributed by atoms with E-state index in [2.05, 4.69) is 59.3 Å². The van der Waals surface area contributed by atoms with Crippen LogP contribution in [-0.4, -0.2) is 0 Å². The van der Waals surface area contributed by atoms with Crippen LogP contribution in [0.1, 0.15) is 5.56 Å². The van der Waals surface area contributed by atoms with Crippen molar-refractivity contribution in [2.45, 2.75) is 6.92 Å². The minimum absolute atomic E-state index is 1.19. The number of aryl methyl sites for hydroxylation is 1. The van der Waals surface area contributed by atoms with Crippen molar-refractivity contribution in [2.75, 3.05) is 0 Å². The van der Waals surface area contributed by atoms with E-state index in [9.17, 15) is 0 Å². The Balaban J connectivity index is 2.52. The Morgan fingerprint density at radius 3 is 2.46 bits per heavy atom. The van der Waals surface area contributed by atoms with Gasteiger partial charge in [0, 0.05) is 4.88 Å². The SMILES string of the molecule is Cc1ccccc1-c1ccc(Br)s1. The molecular weight excluding hydrogens is 244 g/mol. The molecule has 0 spiro atoms. The van der Waals surface area contributed by atoms with E-state index in [4.69, 9.17) is 0 Å². The molecule has 0 fully saturated rings. The zero-order chi connectivity index (χ0) is 9.26. The van der Waals surface area contributed by atoms with Crippen LogP contribution >= 0.6 is 27.3 Å².